The summed E-state index contributed by atoms with van der Waals surface area (Å²) in [6.07, 6.45) is 8.29. The van der Waals surface area contributed by atoms with Crippen LogP contribution in [0.25, 0.3) is 0 Å². The summed E-state index contributed by atoms with van der Waals surface area (Å²) in [7, 11) is 0. The lowest BCUT2D eigenvalue weighted by molar-refractivity contribution is -0.140. The van der Waals surface area contributed by atoms with Gasteiger partial charge in [0.05, 0.1) is 12.0 Å². The first-order valence-electron chi connectivity index (χ1n) is 7.71. The van der Waals surface area contributed by atoms with E-state index >= 15 is 0 Å². The minimum Gasteiger partial charge on any atom is -0.334 e. The van der Waals surface area contributed by atoms with Gasteiger partial charge in [-0.15, -0.1) is 0 Å². The highest BCUT2D eigenvalue weighted by Crippen LogP contribution is 2.34. The Balaban J connectivity index is 1.74. The molecule has 2 fully saturated rings. The maximum atomic E-state index is 12.7. The molecular weight excluding hydrogens is 250 g/mol. The average Bonchev–Trinajstić information content (AvgIpc) is 2.49. The summed E-state index contributed by atoms with van der Waals surface area (Å²) in [5.74, 6) is 0.243. The highest BCUT2D eigenvalue weighted by molar-refractivity contribution is 5.79. The minimum atomic E-state index is 0.0718. The lowest BCUT2D eigenvalue weighted by Gasteiger charge is -2.50. The molecule has 1 aliphatic heterocycles. The lowest BCUT2D eigenvalue weighted by Crippen LogP contribution is -2.64. The molecule has 1 aromatic rings. The maximum absolute atomic E-state index is 12.7. The number of pyridine rings is 1. The number of rotatable bonds is 2. The van der Waals surface area contributed by atoms with Crippen LogP contribution in [-0.2, 0) is 11.2 Å². The number of piperazine rings is 1. The van der Waals surface area contributed by atoms with Gasteiger partial charge < -0.3 is 10.2 Å². The van der Waals surface area contributed by atoms with E-state index in [0.29, 0.717) is 6.42 Å². The summed E-state index contributed by atoms with van der Waals surface area (Å²) >= 11 is 0. The summed E-state index contributed by atoms with van der Waals surface area (Å²) < 4.78 is 0. The van der Waals surface area contributed by atoms with Crippen molar-refractivity contribution in [3.05, 3.63) is 30.1 Å². The van der Waals surface area contributed by atoms with Crippen molar-refractivity contribution in [3.63, 3.8) is 0 Å². The van der Waals surface area contributed by atoms with Gasteiger partial charge in [0.2, 0.25) is 5.91 Å². The molecule has 0 bridgehead atoms. The molecule has 108 valence electrons. The fraction of sp³-hybridized carbons (Fsp3) is 0.625. The fourth-order valence-corrected chi connectivity index (χ4v) is 3.64. The quantitative estimate of drug-likeness (QED) is 0.893. The van der Waals surface area contributed by atoms with Crippen molar-refractivity contribution in [1.29, 1.82) is 0 Å². The van der Waals surface area contributed by atoms with Gasteiger partial charge in [0.1, 0.15) is 0 Å². The second-order valence-electron chi connectivity index (χ2n) is 6.01. The number of carbonyl (C=O) groups excluding carboxylic acids is 1. The summed E-state index contributed by atoms with van der Waals surface area (Å²) in [5, 5.41) is 3.48. The van der Waals surface area contributed by atoms with E-state index in [1.54, 1.807) is 6.20 Å². The first-order chi connectivity index (χ1) is 9.80. The third kappa shape index (κ3) is 2.70. The molecule has 1 N–H and O–H groups in total. The van der Waals surface area contributed by atoms with Gasteiger partial charge in [-0.3, -0.25) is 9.78 Å². The van der Waals surface area contributed by atoms with Crippen LogP contribution in [0.3, 0.4) is 0 Å². The van der Waals surface area contributed by atoms with Crippen LogP contribution in [0.15, 0.2) is 24.4 Å². The molecule has 4 heteroatoms. The molecule has 0 aromatic carbocycles. The molecule has 1 spiro atoms. The molecule has 0 atom stereocenters. The van der Waals surface area contributed by atoms with Crippen molar-refractivity contribution in [2.24, 2.45) is 0 Å². The fourth-order valence-electron chi connectivity index (χ4n) is 3.64. The third-order valence-corrected chi connectivity index (χ3v) is 4.68. The van der Waals surface area contributed by atoms with E-state index in [0.717, 1.165) is 38.2 Å². The van der Waals surface area contributed by atoms with E-state index in [1.165, 1.54) is 19.3 Å². The standard InChI is InChI=1S/C16H23N3O/c20-15(12-14-6-2-5-9-18-14)19-11-10-17-13-16(19)7-3-1-4-8-16/h2,5-6,9,17H,1,3-4,7-8,10-13H2. The predicted octanol–water partition coefficient (Wildman–Crippen LogP) is 1.76. The van der Waals surface area contributed by atoms with Crippen molar-refractivity contribution in [1.82, 2.24) is 15.2 Å². The first kappa shape index (κ1) is 13.6. The van der Waals surface area contributed by atoms with Crippen LogP contribution in [0.2, 0.25) is 0 Å². The van der Waals surface area contributed by atoms with E-state index < -0.39 is 0 Å². The van der Waals surface area contributed by atoms with E-state index in [9.17, 15) is 4.79 Å². The zero-order valence-corrected chi connectivity index (χ0v) is 12.0. The van der Waals surface area contributed by atoms with Crippen LogP contribution in [0, 0.1) is 0 Å². The van der Waals surface area contributed by atoms with Gasteiger partial charge in [-0.1, -0.05) is 25.3 Å². The van der Waals surface area contributed by atoms with Gasteiger partial charge in [0.15, 0.2) is 0 Å². The number of carbonyl (C=O) groups is 1. The molecule has 0 unspecified atom stereocenters. The Hall–Kier alpha value is -1.42. The Kier molecular flexibility index (Phi) is 4.01. The number of hydrogen-bond acceptors (Lipinski definition) is 3. The van der Waals surface area contributed by atoms with Crippen LogP contribution in [-0.4, -0.2) is 41.0 Å². The molecule has 1 amide bonds. The van der Waals surface area contributed by atoms with Crippen molar-refractivity contribution in [2.75, 3.05) is 19.6 Å². The topological polar surface area (TPSA) is 45.2 Å². The largest absolute Gasteiger partial charge is 0.334 e. The van der Waals surface area contributed by atoms with Crippen molar-refractivity contribution in [2.45, 2.75) is 44.1 Å². The summed E-state index contributed by atoms with van der Waals surface area (Å²) in [6.45, 7) is 2.71. The van der Waals surface area contributed by atoms with Gasteiger partial charge in [-0.05, 0) is 25.0 Å². The van der Waals surface area contributed by atoms with Crippen LogP contribution in [0.5, 0.6) is 0 Å². The van der Waals surface area contributed by atoms with Crippen molar-refractivity contribution >= 4 is 5.91 Å². The highest BCUT2D eigenvalue weighted by Gasteiger charge is 2.41. The van der Waals surface area contributed by atoms with E-state index in [4.69, 9.17) is 0 Å². The third-order valence-electron chi connectivity index (χ3n) is 4.68. The van der Waals surface area contributed by atoms with Crippen LogP contribution in [0.4, 0.5) is 0 Å². The smallest absolute Gasteiger partial charge is 0.229 e. The first-order valence-corrected chi connectivity index (χ1v) is 7.71. The molecule has 1 aromatic heterocycles. The average molecular weight is 273 g/mol. The number of nitrogens with one attached hydrogen (secondary N) is 1. The Morgan fingerprint density at radius 1 is 1.30 bits per heavy atom. The summed E-state index contributed by atoms with van der Waals surface area (Å²) in [4.78, 5) is 19.1. The van der Waals surface area contributed by atoms with Crippen LogP contribution < -0.4 is 5.32 Å². The van der Waals surface area contributed by atoms with E-state index in [2.05, 4.69) is 15.2 Å². The normalized spacial score (nSPS) is 21.9. The van der Waals surface area contributed by atoms with Gasteiger partial charge in [-0.2, -0.15) is 0 Å². The molecule has 1 saturated heterocycles. The monoisotopic (exact) mass is 273 g/mol. The van der Waals surface area contributed by atoms with E-state index in [-0.39, 0.29) is 11.4 Å². The Morgan fingerprint density at radius 2 is 2.15 bits per heavy atom. The predicted molar refractivity (Wildman–Crippen MR) is 78.3 cm³/mol. The van der Waals surface area contributed by atoms with Crippen LogP contribution >= 0.6 is 0 Å². The van der Waals surface area contributed by atoms with Gasteiger partial charge >= 0.3 is 0 Å². The summed E-state index contributed by atoms with van der Waals surface area (Å²) in [6, 6.07) is 5.78. The molecule has 3 rings (SSSR count). The molecule has 1 aliphatic carbocycles. The van der Waals surface area contributed by atoms with Gasteiger partial charge in [0.25, 0.3) is 0 Å². The molecule has 2 aliphatic rings. The lowest BCUT2D eigenvalue weighted by atomic mass is 9.79. The van der Waals surface area contributed by atoms with Crippen molar-refractivity contribution in [3.8, 4) is 0 Å². The molecule has 1 saturated carbocycles. The number of nitrogens with zero attached hydrogens (tertiary/aromatic N) is 2. The van der Waals surface area contributed by atoms with Crippen LogP contribution in [0.1, 0.15) is 37.8 Å². The Morgan fingerprint density at radius 3 is 2.90 bits per heavy atom. The zero-order chi connectivity index (χ0) is 13.8. The molecule has 20 heavy (non-hydrogen) atoms. The Bertz CT molecular complexity index is 446. The minimum absolute atomic E-state index is 0.0718. The Labute approximate surface area is 120 Å². The van der Waals surface area contributed by atoms with E-state index in [1.807, 2.05) is 18.2 Å². The number of amides is 1. The SMILES string of the molecule is O=C(Cc1ccccn1)N1CCNCC12CCCCC2. The highest BCUT2D eigenvalue weighted by atomic mass is 16.2. The van der Waals surface area contributed by atoms with Gasteiger partial charge in [0, 0.05) is 31.5 Å². The maximum Gasteiger partial charge on any atom is 0.229 e. The number of hydrogen-bond donors (Lipinski definition) is 1. The molecule has 2 heterocycles. The number of aromatic nitrogens is 1. The molecule has 4 nitrogen and oxygen atoms in total. The second-order valence-corrected chi connectivity index (χ2v) is 6.01. The second kappa shape index (κ2) is 5.92. The zero-order valence-electron chi connectivity index (χ0n) is 12.0. The molecular formula is C16H23N3O. The van der Waals surface area contributed by atoms with Gasteiger partial charge in [-0.25, -0.2) is 0 Å². The summed E-state index contributed by atoms with van der Waals surface area (Å²) in [5.41, 5.74) is 0.949. The van der Waals surface area contributed by atoms with Crippen molar-refractivity contribution < 1.29 is 4.79 Å². The molecule has 0 radical (unpaired) electrons.